The summed E-state index contributed by atoms with van der Waals surface area (Å²) < 4.78 is 0. The Morgan fingerprint density at radius 3 is 2.80 bits per heavy atom. The van der Waals surface area contributed by atoms with Crippen LogP contribution in [0.5, 0.6) is 0 Å². The predicted molar refractivity (Wildman–Crippen MR) is 78.9 cm³/mol. The molecule has 5 heteroatoms. The van der Waals surface area contributed by atoms with E-state index < -0.39 is 0 Å². The highest BCUT2D eigenvalue weighted by Gasteiger charge is 2.28. The Bertz CT molecular complexity index is 470. The molecule has 2 rings (SSSR count). The number of hydrogen-bond donors (Lipinski definition) is 2. The predicted octanol–water partition coefficient (Wildman–Crippen LogP) is 1.81. The van der Waals surface area contributed by atoms with Gasteiger partial charge in [0, 0.05) is 31.5 Å². The lowest BCUT2D eigenvalue weighted by atomic mass is 10.1. The molecule has 0 saturated heterocycles. The van der Waals surface area contributed by atoms with E-state index in [1.54, 1.807) is 18.1 Å². The van der Waals surface area contributed by atoms with Crippen LogP contribution in [0, 0.1) is 6.92 Å². The molecule has 1 aliphatic rings. The van der Waals surface area contributed by atoms with Gasteiger partial charge in [-0.15, -0.1) is 0 Å². The van der Waals surface area contributed by atoms with E-state index >= 15 is 0 Å². The van der Waals surface area contributed by atoms with Crippen LogP contribution >= 0.6 is 0 Å². The molecule has 1 heterocycles. The number of nitrogens with one attached hydrogen (secondary N) is 1. The van der Waals surface area contributed by atoms with E-state index in [-0.39, 0.29) is 18.6 Å². The number of amides is 1. The average molecular weight is 277 g/mol. The van der Waals surface area contributed by atoms with Crippen molar-refractivity contribution < 1.29 is 9.90 Å². The number of nitrogens with zero attached hydrogens (tertiary/aromatic N) is 2. The quantitative estimate of drug-likeness (QED) is 0.861. The van der Waals surface area contributed by atoms with Crippen LogP contribution in [0.3, 0.4) is 0 Å². The first kappa shape index (κ1) is 14.8. The van der Waals surface area contributed by atoms with Crippen molar-refractivity contribution in [3.63, 3.8) is 0 Å². The van der Waals surface area contributed by atoms with Gasteiger partial charge in [-0.05, 0) is 25.8 Å². The fourth-order valence-corrected chi connectivity index (χ4v) is 2.87. The van der Waals surface area contributed by atoms with Crippen LogP contribution in [-0.4, -0.2) is 47.1 Å². The van der Waals surface area contributed by atoms with Crippen molar-refractivity contribution in [1.82, 2.24) is 9.88 Å². The van der Waals surface area contributed by atoms with Crippen molar-refractivity contribution >= 4 is 11.6 Å². The molecule has 20 heavy (non-hydrogen) atoms. The lowest BCUT2D eigenvalue weighted by molar-refractivity contribution is 0.0638. The Morgan fingerprint density at radius 2 is 2.20 bits per heavy atom. The molecule has 0 aliphatic heterocycles. The lowest BCUT2D eigenvalue weighted by Crippen LogP contribution is -2.41. The van der Waals surface area contributed by atoms with Crippen molar-refractivity contribution in [2.75, 3.05) is 25.5 Å². The van der Waals surface area contributed by atoms with E-state index in [9.17, 15) is 9.90 Å². The van der Waals surface area contributed by atoms with Gasteiger partial charge >= 0.3 is 0 Å². The number of rotatable bonds is 5. The number of anilines is 1. The molecule has 0 spiro atoms. The Morgan fingerprint density at radius 1 is 1.50 bits per heavy atom. The van der Waals surface area contributed by atoms with Crippen LogP contribution in [0.15, 0.2) is 12.3 Å². The third-order valence-corrected chi connectivity index (χ3v) is 3.91. The van der Waals surface area contributed by atoms with Gasteiger partial charge in [-0.1, -0.05) is 12.8 Å². The van der Waals surface area contributed by atoms with Gasteiger partial charge in [0.25, 0.3) is 5.91 Å². The maximum Gasteiger partial charge on any atom is 0.257 e. The minimum absolute atomic E-state index is 0.00355. The molecule has 5 nitrogen and oxygen atoms in total. The Balaban J connectivity index is 2.26. The highest BCUT2D eigenvalue weighted by molar-refractivity contribution is 5.99. The topological polar surface area (TPSA) is 65.5 Å². The highest BCUT2D eigenvalue weighted by Crippen LogP contribution is 2.26. The zero-order valence-corrected chi connectivity index (χ0v) is 12.2. The van der Waals surface area contributed by atoms with E-state index in [1.165, 1.54) is 0 Å². The standard InChI is InChI=1S/C15H23N3O2/c1-11-9-14(16-2)13(10-17-11)15(20)18(7-8-19)12-5-3-4-6-12/h9-10,12,19H,3-8H2,1-2H3,(H,16,17). The van der Waals surface area contributed by atoms with Gasteiger partial charge in [0.2, 0.25) is 0 Å². The Labute approximate surface area is 120 Å². The van der Waals surface area contributed by atoms with Gasteiger partial charge in [0.1, 0.15) is 0 Å². The number of carbonyl (C=O) groups is 1. The summed E-state index contributed by atoms with van der Waals surface area (Å²) in [6, 6.07) is 2.12. The smallest absolute Gasteiger partial charge is 0.257 e. The first-order chi connectivity index (χ1) is 9.67. The first-order valence-corrected chi connectivity index (χ1v) is 7.23. The molecule has 110 valence electrons. The molecule has 0 atom stereocenters. The summed E-state index contributed by atoms with van der Waals surface area (Å²) in [5, 5.41) is 12.3. The number of hydrogen-bond acceptors (Lipinski definition) is 4. The zero-order chi connectivity index (χ0) is 14.5. The summed E-state index contributed by atoms with van der Waals surface area (Å²) >= 11 is 0. The molecule has 0 radical (unpaired) electrons. The number of aromatic nitrogens is 1. The summed E-state index contributed by atoms with van der Waals surface area (Å²) in [5.41, 5.74) is 2.25. The van der Waals surface area contributed by atoms with Crippen molar-refractivity contribution in [3.05, 3.63) is 23.5 Å². The molecule has 0 aromatic carbocycles. The van der Waals surface area contributed by atoms with Crippen LogP contribution in [0.1, 0.15) is 41.7 Å². The van der Waals surface area contributed by atoms with Crippen LogP contribution in [0.25, 0.3) is 0 Å². The molecular formula is C15H23N3O2. The molecule has 1 aromatic rings. The second-order valence-electron chi connectivity index (χ2n) is 5.28. The zero-order valence-electron chi connectivity index (χ0n) is 12.2. The van der Waals surface area contributed by atoms with Gasteiger partial charge in [-0.25, -0.2) is 0 Å². The highest BCUT2D eigenvalue weighted by atomic mass is 16.3. The molecule has 1 fully saturated rings. The van der Waals surface area contributed by atoms with E-state index in [0.29, 0.717) is 12.1 Å². The minimum Gasteiger partial charge on any atom is -0.395 e. The molecule has 1 aromatic heterocycles. The second kappa shape index (κ2) is 6.70. The fraction of sp³-hybridized carbons (Fsp3) is 0.600. The summed E-state index contributed by atoms with van der Waals surface area (Å²) in [5.74, 6) is -0.0391. The molecule has 0 bridgehead atoms. The van der Waals surface area contributed by atoms with Crippen molar-refractivity contribution in [2.45, 2.75) is 38.6 Å². The third kappa shape index (κ3) is 3.10. The SMILES string of the molecule is CNc1cc(C)ncc1C(=O)N(CCO)C1CCCC1. The number of pyridine rings is 1. The summed E-state index contributed by atoms with van der Waals surface area (Å²) in [6.45, 7) is 2.29. The van der Waals surface area contributed by atoms with E-state index in [4.69, 9.17) is 0 Å². The monoisotopic (exact) mass is 277 g/mol. The molecule has 1 aliphatic carbocycles. The van der Waals surface area contributed by atoms with E-state index in [0.717, 1.165) is 37.1 Å². The van der Waals surface area contributed by atoms with Crippen molar-refractivity contribution in [3.8, 4) is 0 Å². The normalized spacial score (nSPS) is 15.3. The Hall–Kier alpha value is -1.62. The van der Waals surface area contributed by atoms with Crippen LogP contribution in [-0.2, 0) is 0 Å². The van der Waals surface area contributed by atoms with Gasteiger partial charge in [-0.2, -0.15) is 0 Å². The summed E-state index contributed by atoms with van der Waals surface area (Å²) in [6.07, 6.45) is 6.00. The molecule has 2 N–H and O–H groups in total. The number of carbonyl (C=O) groups excluding carboxylic acids is 1. The van der Waals surface area contributed by atoms with Gasteiger partial charge in [0.05, 0.1) is 17.9 Å². The summed E-state index contributed by atoms with van der Waals surface area (Å²) in [4.78, 5) is 18.8. The second-order valence-corrected chi connectivity index (χ2v) is 5.28. The molecule has 0 unspecified atom stereocenters. The van der Waals surface area contributed by atoms with Crippen molar-refractivity contribution in [1.29, 1.82) is 0 Å². The first-order valence-electron chi connectivity index (χ1n) is 7.23. The minimum atomic E-state index is -0.0391. The maximum absolute atomic E-state index is 12.7. The van der Waals surface area contributed by atoms with Gasteiger partial charge in [0.15, 0.2) is 0 Å². The van der Waals surface area contributed by atoms with E-state index in [2.05, 4.69) is 10.3 Å². The fourth-order valence-electron chi connectivity index (χ4n) is 2.87. The van der Waals surface area contributed by atoms with Crippen LogP contribution in [0.2, 0.25) is 0 Å². The number of aryl methyl sites for hydroxylation is 1. The van der Waals surface area contributed by atoms with Gasteiger partial charge < -0.3 is 15.3 Å². The van der Waals surface area contributed by atoms with E-state index in [1.807, 2.05) is 13.0 Å². The van der Waals surface area contributed by atoms with Gasteiger partial charge in [-0.3, -0.25) is 9.78 Å². The lowest BCUT2D eigenvalue weighted by Gasteiger charge is -2.29. The Kier molecular flexibility index (Phi) is 4.95. The molecule has 1 saturated carbocycles. The van der Waals surface area contributed by atoms with Crippen LogP contribution < -0.4 is 5.32 Å². The van der Waals surface area contributed by atoms with Crippen molar-refractivity contribution in [2.24, 2.45) is 0 Å². The molecule has 1 amide bonds. The molecular weight excluding hydrogens is 254 g/mol. The number of aliphatic hydroxyl groups is 1. The number of aliphatic hydroxyl groups excluding tert-OH is 1. The summed E-state index contributed by atoms with van der Waals surface area (Å²) in [7, 11) is 1.80. The third-order valence-electron chi connectivity index (χ3n) is 3.91. The average Bonchev–Trinajstić information content (AvgIpc) is 2.97. The maximum atomic E-state index is 12.7. The largest absolute Gasteiger partial charge is 0.395 e. The van der Waals surface area contributed by atoms with Crippen LogP contribution in [0.4, 0.5) is 5.69 Å².